The molecule has 0 fully saturated rings. The van der Waals surface area contributed by atoms with Gasteiger partial charge in [-0.2, -0.15) is 5.06 Å². The summed E-state index contributed by atoms with van der Waals surface area (Å²) in [6, 6.07) is 27.2. The number of rotatable bonds is 5. The van der Waals surface area contributed by atoms with Crippen LogP contribution in [0.3, 0.4) is 0 Å². The molecule has 0 saturated heterocycles. The van der Waals surface area contributed by atoms with E-state index in [9.17, 15) is 10.4 Å². The maximum Gasteiger partial charge on any atom is 0.222 e. The Morgan fingerprint density at radius 3 is 2.23 bits per heavy atom. The number of nitrogens with one attached hydrogen (secondary N) is 2. The van der Waals surface area contributed by atoms with E-state index in [0.717, 1.165) is 49.6 Å². The van der Waals surface area contributed by atoms with Crippen LogP contribution in [0.1, 0.15) is 35.4 Å². The molecule has 0 spiro atoms. The van der Waals surface area contributed by atoms with Crippen molar-refractivity contribution in [2.75, 3.05) is 13.1 Å². The lowest BCUT2D eigenvalue weighted by Gasteiger charge is -2.31. The van der Waals surface area contributed by atoms with Crippen molar-refractivity contribution < 1.29 is 16.6 Å². The number of halogens is 4. The van der Waals surface area contributed by atoms with E-state index in [1.54, 1.807) is 18.3 Å². The van der Waals surface area contributed by atoms with E-state index < -0.39 is 0 Å². The second-order valence-electron chi connectivity index (χ2n) is 10.7. The number of hydrogen-bond donors (Lipinski definition) is 4. The van der Waals surface area contributed by atoms with Crippen LogP contribution < -0.4 is 0 Å². The van der Waals surface area contributed by atoms with Gasteiger partial charge < -0.3 is 15.2 Å². The van der Waals surface area contributed by atoms with Crippen LogP contribution in [0.5, 0.6) is 0 Å². The van der Waals surface area contributed by atoms with E-state index in [1.807, 2.05) is 60.8 Å². The summed E-state index contributed by atoms with van der Waals surface area (Å²) < 4.78 is 3.32. The van der Waals surface area contributed by atoms with E-state index in [4.69, 9.17) is 23.2 Å². The third-order valence-electron chi connectivity index (χ3n) is 7.76. The highest BCUT2D eigenvalue weighted by Crippen LogP contribution is 2.38. The standard InChI is InChI=1S/C17H14BrClN2O.C17H15BrClN2O.H2/c18-11-3-6-15-14(9-11)13-7-8-21(22)17(16(13)20-15)10-1-4-12(19)5-2-10;18-14-3-6-17-16(9-14)13(10-20-17)7-8-21(22)11-12-1-4-15(19)5-2-12;/h1-6,9,17,20,22H,7-8H2;1-6,9-11,20,22H,7-8H2;1H/q;+1;/b;21-11-;/i;;1+1. The smallest absolute Gasteiger partial charge is 0.222 e. The number of fused-ring (bicyclic) bond motifs is 4. The number of nitrogens with zero attached hydrogens (tertiary/aromatic N) is 2. The molecule has 6 nitrogen and oxygen atoms in total. The molecule has 6 aromatic rings. The molecular weight excluding hydrogens is 727 g/mol. The van der Waals surface area contributed by atoms with Crippen LogP contribution in [-0.2, 0) is 12.8 Å². The molecule has 0 bridgehead atoms. The molecule has 1 unspecified atom stereocenters. The second kappa shape index (κ2) is 13.5. The van der Waals surface area contributed by atoms with Gasteiger partial charge in [0.1, 0.15) is 6.04 Å². The van der Waals surface area contributed by atoms with E-state index in [2.05, 4.69) is 60.0 Å². The van der Waals surface area contributed by atoms with Crippen molar-refractivity contribution in [3.63, 3.8) is 0 Å². The summed E-state index contributed by atoms with van der Waals surface area (Å²) in [6.45, 7) is 1.13. The molecule has 10 heteroatoms. The maximum atomic E-state index is 10.4. The topological polar surface area (TPSA) is 78.3 Å². The van der Waals surface area contributed by atoms with E-state index in [-0.39, 0.29) is 7.47 Å². The molecule has 4 N–H and O–H groups in total. The van der Waals surface area contributed by atoms with Gasteiger partial charge in [-0.25, -0.2) is 0 Å². The Kier molecular flexibility index (Phi) is 9.47. The van der Waals surface area contributed by atoms with Crippen LogP contribution in [-0.4, -0.2) is 49.5 Å². The normalized spacial score (nSPS) is 15.3. The van der Waals surface area contributed by atoms with Crippen molar-refractivity contribution in [1.82, 2.24) is 15.0 Å². The third kappa shape index (κ3) is 6.91. The zero-order valence-corrected chi connectivity index (χ0v) is 28.1. The largest absolute Gasteiger partial charge is 0.361 e. The Balaban J connectivity index is 0.000000174. The van der Waals surface area contributed by atoms with Gasteiger partial charge in [-0.3, -0.25) is 5.21 Å². The molecule has 7 rings (SSSR count). The lowest BCUT2D eigenvalue weighted by atomic mass is 9.94. The fourth-order valence-electron chi connectivity index (χ4n) is 5.61. The quantitative estimate of drug-likeness (QED) is 0.0612. The van der Waals surface area contributed by atoms with Crippen LogP contribution >= 0.6 is 55.1 Å². The fourth-order valence-corrected chi connectivity index (χ4v) is 6.58. The van der Waals surface area contributed by atoms with E-state index >= 15 is 0 Å². The molecule has 4 aromatic carbocycles. The number of hydroxylamine groups is 3. The Labute approximate surface area is 283 Å². The Hall–Kier alpha value is -3.11. The van der Waals surface area contributed by atoms with Crippen molar-refractivity contribution in [3.05, 3.63) is 138 Å². The molecule has 0 aliphatic carbocycles. The summed E-state index contributed by atoms with van der Waals surface area (Å²) in [6.07, 6.45) is 5.26. The first kappa shape index (κ1) is 30.9. The van der Waals surface area contributed by atoms with Crippen LogP contribution in [0, 0.1) is 0 Å². The molecule has 2 aromatic heterocycles. The summed E-state index contributed by atoms with van der Waals surface area (Å²) in [5, 5.41) is 25.6. The van der Waals surface area contributed by atoms with Gasteiger partial charge in [0.25, 0.3) is 0 Å². The van der Waals surface area contributed by atoms with E-state index in [0.29, 0.717) is 23.1 Å². The van der Waals surface area contributed by atoms with Gasteiger partial charge >= 0.3 is 0 Å². The number of aromatic amines is 2. The number of H-pyrrole nitrogens is 2. The summed E-state index contributed by atoms with van der Waals surface area (Å²) in [4.78, 5) is 6.73. The lowest BCUT2D eigenvalue weighted by molar-refractivity contribution is -0.770. The molecule has 1 atom stereocenters. The molecule has 44 heavy (non-hydrogen) atoms. The SMILES string of the molecule is O/[N+](=C\c1ccc(Cl)cc1)CCc1c[nH]c2ccc(Br)cc12.ON1CCc2c([nH]c3ccc(Br)cc23)C1c1ccc(Cl)cc1.[2HH]. The first-order valence-corrected chi connectivity index (χ1v) is 16.4. The Morgan fingerprint density at radius 1 is 0.886 bits per heavy atom. The van der Waals surface area contributed by atoms with Crippen molar-refractivity contribution >= 4 is 83.1 Å². The highest BCUT2D eigenvalue weighted by atomic mass is 79.9. The number of benzene rings is 4. The summed E-state index contributed by atoms with van der Waals surface area (Å²) >= 11 is 18.9. The molecule has 0 radical (unpaired) electrons. The monoisotopic (exact) mass is 756 g/mol. The zero-order chi connectivity index (χ0) is 30.8. The van der Waals surface area contributed by atoms with Gasteiger partial charge in [0.15, 0.2) is 6.54 Å². The van der Waals surface area contributed by atoms with Gasteiger partial charge in [0.05, 0.1) is 0 Å². The minimum atomic E-state index is -0.188. The highest BCUT2D eigenvalue weighted by Gasteiger charge is 2.31. The maximum absolute atomic E-state index is 10.4. The number of aromatic nitrogens is 2. The Bertz CT molecular complexity index is 1960. The average Bonchev–Trinajstić information content (AvgIpc) is 3.58. The predicted molar refractivity (Wildman–Crippen MR) is 187 cm³/mol. The molecular formula is C34H31Br2Cl2N4O2+. The minimum Gasteiger partial charge on any atom is -0.361 e. The molecule has 0 amide bonds. The van der Waals surface area contributed by atoms with Crippen LogP contribution in [0.25, 0.3) is 21.8 Å². The molecule has 1 aliphatic rings. The van der Waals surface area contributed by atoms with Crippen molar-refractivity contribution in [2.45, 2.75) is 18.9 Å². The summed E-state index contributed by atoms with van der Waals surface area (Å²) in [7, 11) is 0. The number of hydrogen-bond acceptors (Lipinski definition) is 3. The Morgan fingerprint density at radius 2 is 1.52 bits per heavy atom. The second-order valence-corrected chi connectivity index (χ2v) is 13.4. The molecule has 0 saturated carbocycles. The predicted octanol–water partition coefficient (Wildman–Crippen LogP) is 9.81. The summed E-state index contributed by atoms with van der Waals surface area (Å²) in [5.41, 5.74) is 7.66. The molecule has 3 heterocycles. The first-order valence-electron chi connectivity index (χ1n) is 14.1. The van der Waals surface area contributed by atoms with E-state index in [1.165, 1.54) is 31.7 Å². The highest BCUT2D eigenvalue weighted by molar-refractivity contribution is 9.10. The van der Waals surface area contributed by atoms with Crippen LogP contribution in [0.15, 0.2) is 100 Å². The zero-order valence-electron chi connectivity index (χ0n) is 23.4. The van der Waals surface area contributed by atoms with Gasteiger partial charge in [-0.15, -0.1) is 0 Å². The molecule has 226 valence electrons. The van der Waals surface area contributed by atoms with Crippen LogP contribution in [0.4, 0.5) is 0 Å². The minimum absolute atomic E-state index is 0. The fraction of sp³-hybridized carbons (Fsp3) is 0.147. The summed E-state index contributed by atoms with van der Waals surface area (Å²) in [5.74, 6) is 0. The van der Waals surface area contributed by atoms with Gasteiger partial charge in [0.2, 0.25) is 6.21 Å². The lowest BCUT2D eigenvalue weighted by Crippen LogP contribution is -2.33. The third-order valence-corrected chi connectivity index (χ3v) is 9.25. The van der Waals surface area contributed by atoms with Crippen molar-refractivity contribution in [2.24, 2.45) is 0 Å². The average molecular weight is 759 g/mol. The van der Waals surface area contributed by atoms with Crippen molar-refractivity contribution in [3.8, 4) is 0 Å². The molecule has 1 aliphatic heterocycles. The first-order chi connectivity index (χ1) is 21.2. The van der Waals surface area contributed by atoms with Crippen LogP contribution in [0.2, 0.25) is 10.0 Å². The van der Waals surface area contributed by atoms with Crippen molar-refractivity contribution in [1.29, 1.82) is 0 Å². The van der Waals surface area contributed by atoms with Gasteiger partial charge in [-0.1, -0.05) is 67.2 Å². The van der Waals surface area contributed by atoms with Gasteiger partial charge in [0, 0.05) is 72.6 Å². The van der Waals surface area contributed by atoms with Gasteiger partial charge in [-0.05, 0) is 101 Å².